The molecule has 0 bridgehead atoms. The summed E-state index contributed by atoms with van der Waals surface area (Å²) in [7, 11) is 5.97. The van der Waals surface area contributed by atoms with Crippen molar-refractivity contribution in [3.8, 4) is 22.9 Å². The number of carbonyl (C=O) groups excluding carboxylic acids is 1. The summed E-state index contributed by atoms with van der Waals surface area (Å²) in [6.45, 7) is 0. The molecule has 4 aromatic rings. The van der Waals surface area contributed by atoms with Gasteiger partial charge in [-0.3, -0.25) is 18.7 Å². The maximum absolute atomic E-state index is 13.0. The molecular weight excluding hydrogens is 470 g/mol. The Morgan fingerprint density at radius 2 is 1.69 bits per heavy atom. The number of hydrogen-bond acceptors (Lipinski definition) is 8. The fraction of sp³-hybridized carbons (Fsp3) is 0.208. The average molecular weight is 494 g/mol. The first-order valence-corrected chi connectivity index (χ1v) is 11.5. The van der Waals surface area contributed by atoms with Gasteiger partial charge < -0.3 is 14.8 Å². The summed E-state index contributed by atoms with van der Waals surface area (Å²) < 4.78 is 13.0. The van der Waals surface area contributed by atoms with Gasteiger partial charge in [-0.1, -0.05) is 30.0 Å². The van der Waals surface area contributed by atoms with E-state index >= 15 is 0 Å². The summed E-state index contributed by atoms with van der Waals surface area (Å²) >= 11 is 1.09. The molecule has 0 unspecified atom stereocenters. The third-order valence-electron chi connectivity index (χ3n) is 5.31. The monoisotopic (exact) mass is 493 g/mol. The van der Waals surface area contributed by atoms with Crippen LogP contribution < -0.4 is 26.0 Å². The zero-order valence-electron chi connectivity index (χ0n) is 19.6. The minimum Gasteiger partial charge on any atom is -0.493 e. The Morgan fingerprint density at radius 3 is 2.37 bits per heavy atom. The van der Waals surface area contributed by atoms with Gasteiger partial charge in [0.2, 0.25) is 5.91 Å². The molecule has 180 valence electrons. The van der Waals surface area contributed by atoms with Crippen LogP contribution in [0.2, 0.25) is 0 Å². The van der Waals surface area contributed by atoms with Gasteiger partial charge in [0.05, 0.1) is 20.0 Å². The minimum absolute atomic E-state index is 0.00161. The van der Waals surface area contributed by atoms with Crippen molar-refractivity contribution in [1.29, 1.82) is 0 Å². The Kier molecular flexibility index (Phi) is 6.87. The normalized spacial score (nSPS) is 10.9. The molecule has 11 heteroatoms. The van der Waals surface area contributed by atoms with Gasteiger partial charge in [0.15, 0.2) is 23.0 Å². The fourth-order valence-electron chi connectivity index (χ4n) is 3.49. The number of para-hydroxylation sites is 1. The predicted octanol–water partition coefficient (Wildman–Crippen LogP) is 2.44. The maximum Gasteiger partial charge on any atom is 0.332 e. The van der Waals surface area contributed by atoms with Crippen LogP contribution in [0.4, 0.5) is 5.69 Å². The van der Waals surface area contributed by atoms with E-state index in [1.807, 2.05) is 18.2 Å². The number of aryl methyl sites for hydroxylation is 1. The Morgan fingerprint density at radius 1 is 0.971 bits per heavy atom. The molecule has 0 atom stereocenters. The first-order valence-electron chi connectivity index (χ1n) is 10.5. The van der Waals surface area contributed by atoms with Crippen molar-refractivity contribution in [2.24, 2.45) is 14.1 Å². The summed E-state index contributed by atoms with van der Waals surface area (Å²) in [6, 6.07) is 14.2. The molecule has 0 radical (unpaired) electrons. The molecule has 10 nitrogen and oxygen atoms in total. The SMILES string of the molecule is COc1ccc(-c2nc(SCC(=O)Nc3ccccc3)c3c(=O)n(C)c(=O)n(C)c3n2)cc1OC. The number of ether oxygens (including phenoxy) is 2. The van der Waals surface area contributed by atoms with E-state index in [0.29, 0.717) is 27.8 Å². The van der Waals surface area contributed by atoms with E-state index in [4.69, 9.17) is 9.47 Å². The number of rotatable bonds is 7. The standard InChI is InChI=1S/C24H23N5O5S/c1-28-21-19(23(31)29(2)24(28)32)22(35-13-18(30)25-15-8-6-5-7-9-15)27-20(26-21)14-10-11-16(33-3)17(12-14)34-4/h5-12H,13H2,1-4H3,(H,25,30). The highest BCUT2D eigenvalue weighted by atomic mass is 32.2. The number of carbonyl (C=O) groups is 1. The van der Waals surface area contributed by atoms with Gasteiger partial charge in [0, 0.05) is 25.3 Å². The van der Waals surface area contributed by atoms with Crippen LogP contribution >= 0.6 is 11.8 Å². The molecule has 1 N–H and O–H groups in total. The molecule has 0 saturated heterocycles. The smallest absolute Gasteiger partial charge is 0.332 e. The first-order chi connectivity index (χ1) is 16.8. The molecule has 2 heterocycles. The van der Waals surface area contributed by atoms with Gasteiger partial charge in [0.1, 0.15) is 10.4 Å². The highest BCUT2D eigenvalue weighted by Crippen LogP contribution is 2.32. The van der Waals surface area contributed by atoms with E-state index in [9.17, 15) is 14.4 Å². The van der Waals surface area contributed by atoms with Crippen molar-refractivity contribution in [1.82, 2.24) is 19.1 Å². The highest BCUT2D eigenvalue weighted by molar-refractivity contribution is 8.00. The van der Waals surface area contributed by atoms with Crippen molar-refractivity contribution < 1.29 is 14.3 Å². The Bertz CT molecular complexity index is 1530. The molecular formula is C24H23N5O5S. The van der Waals surface area contributed by atoms with Gasteiger partial charge >= 0.3 is 5.69 Å². The predicted molar refractivity (Wildman–Crippen MR) is 134 cm³/mol. The van der Waals surface area contributed by atoms with E-state index < -0.39 is 11.2 Å². The van der Waals surface area contributed by atoms with Crippen molar-refractivity contribution in [2.75, 3.05) is 25.3 Å². The van der Waals surface area contributed by atoms with Crippen LogP contribution in [0.3, 0.4) is 0 Å². The lowest BCUT2D eigenvalue weighted by Gasteiger charge is -2.13. The number of nitrogens with zero attached hydrogens (tertiary/aromatic N) is 4. The molecule has 4 rings (SSSR count). The van der Waals surface area contributed by atoms with Crippen LogP contribution in [0, 0.1) is 0 Å². The number of thioether (sulfide) groups is 1. The molecule has 0 aliphatic rings. The van der Waals surface area contributed by atoms with Crippen molar-refractivity contribution in [2.45, 2.75) is 5.03 Å². The number of hydrogen-bond donors (Lipinski definition) is 1. The fourth-order valence-corrected chi connectivity index (χ4v) is 4.30. The lowest BCUT2D eigenvalue weighted by atomic mass is 10.2. The summed E-state index contributed by atoms with van der Waals surface area (Å²) in [5, 5.41) is 3.26. The van der Waals surface area contributed by atoms with Gasteiger partial charge in [-0.05, 0) is 30.3 Å². The number of methoxy groups -OCH3 is 2. The van der Waals surface area contributed by atoms with E-state index in [1.54, 1.807) is 30.3 Å². The second kappa shape index (κ2) is 10.0. The molecule has 35 heavy (non-hydrogen) atoms. The Labute approximate surface area is 204 Å². The summed E-state index contributed by atoms with van der Waals surface area (Å²) in [5.74, 6) is 1.02. The molecule has 2 aromatic heterocycles. The van der Waals surface area contributed by atoms with Crippen LogP contribution in [0.5, 0.6) is 11.5 Å². The topological polar surface area (TPSA) is 117 Å². The summed E-state index contributed by atoms with van der Waals surface area (Å²) in [6.07, 6.45) is 0. The van der Waals surface area contributed by atoms with Crippen LogP contribution in [0.1, 0.15) is 0 Å². The Hall–Kier alpha value is -4.12. The number of aromatic nitrogens is 4. The molecule has 2 aromatic carbocycles. The molecule has 0 aliphatic heterocycles. The number of fused-ring (bicyclic) bond motifs is 1. The molecule has 0 fully saturated rings. The maximum atomic E-state index is 13.0. The number of amides is 1. The average Bonchev–Trinajstić information content (AvgIpc) is 2.89. The van der Waals surface area contributed by atoms with Gasteiger partial charge in [-0.15, -0.1) is 0 Å². The third-order valence-corrected chi connectivity index (χ3v) is 6.28. The molecule has 0 spiro atoms. The van der Waals surface area contributed by atoms with Crippen LogP contribution in [0.25, 0.3) is 22.4 Å². The molecule has 0 saturated carbocycles. The quantitative estimate of drug-likeness (QED) is 0.308. The third kappa shape index (κ3) is 4.76. The van der Waals surface area contributed by atoms with E-state index in [-0.39, 0.29) is 28.5 Å². The Balaban J connectivity index is 1.81. The van der Waals surface area contributed by atoms with Crippen LogP contribution in [-0.4, -0.2) is 45.0 Å². The van der Waals surface area contributed by atoms with E-state index in [1.165, 1.54) is 32.9 Å². The largest absolute Gasteiger partial charge is 0.493 e. The highest BCUT2D eigenvalue weighted by Gasteiger charge is 2.20. The number of anilines is 1. The minimum atomic E-state index is -0.534. The van der Waals surface area contributed by atoms with E-state index in [0.717, 1.165) is 16.3 Å². The van der Waals surface area contributed by atoms with Crippen molar-refractivity contribution >= 4 is 34.4 Å². The lowest BCUT2D eigenvalue weighted by Crippen LogP contribution is -2.37. The zero-order valence-corrected chi connectivity index (χ0v) is 20.4. The van der Waals surface area contributed by atoms with Crippen LogP contribution in [-0.2, 0) is 18.9 Å². The van der Waals surface area contributed by atoms with Crippen LogP contribution in [0.15, 0.2) is 63.1 Å². The second-order valence-corrected chi connectivity index (χ2v) is 8.49. The van der Waals surface area contributed by atoms with Crippen molar-refractivity contribution in [3.05, 3.63) is 69.4 Å². The van der Waals surface area contributed by atoms with Crippen molar-refractivity contribution in [3.63, 3.8) is 0 Å². The zero-order chi connectivity index (χ0) is 25.1. The summed E-state index contributed by atoms with van der Waals surface area (Å²) in [5.41, 5.74) is 0.372. The lowest BCUT2D eigenvalue weighted by molar-refractivity contribution is -0.113. The van der Waals surface area contributed by atoms with E-state index in [2.05, 4.69) is 15.3 Å². The summed E-state index contributed by atoms with van der Waals surface area (Å²) in [4.78, 5) is 47.3. The van der Waals surface area contributed by atoms with Gasteiger partial charge in [-0.25, -0.2) is 14.8 Å². The molecule has 0 aliphatic carbocycles. The second-order valence-electron chi connectivity index (χ2n) is 7.53. The van der Waals surface area contributed by atoms with Gasteiger partial charge in [-0.2, -0.15) is 0 Å². The number of nitrogens with one attached hydrogen (secondary N) is 1. The van der Waals surface area contributed by atoms with Gasteiger partial charge in [0.25, 0.3) is 5.56 Å². The first kappa shape index (κ1) is 24.0. The number of benzene rings is 2. The molecule has 1 amide bonds.